The minimum Gasteiger partial charge on any atom is -0.501 e. The molecule has 1 aromatic rings. The van der Waals surface area contributed by atoms with Crippen molar-refractivity contribution in [1.82, 2.24) is 0 Å². The molecule has 0 amide bonds. The Morgan fingerprint density at radius 3 is 2.88 bits per heavy atom. The minimum absolute atomic E-state index is 0.120. The molecule has 4 heteroatoms. The second-order valence-electron chi connectivity index (χ2n) is 3.82. The van der Waals surface area contributed by atoms with Gasteiger partial charge in [0, 0.05) is 4.47 Å². The maximum absolute atomic E-state index is 6.17. The SMILES string of the molecule is NC(C1=COCCC1)c1ccc(Br)c(Cl)c1. The Kier molecular flexibility index (Phi) is 3.90. The van der Waals surface area contributed by atoms with Crippen LogP contribution in [0.5, 0.6) is 0 Å². The summed E-state index contributed by atoms with van der Waals surface area (Å²) in [7, 11) is 0. The Hall–Kier alpha value is -0.510. The molecule has 1 aromatic carbocycles. The second kappa shape index (κ2) is 5.21. The molecule has 0 aromatic heterocycles. The van der Waals surface area contributed by atoms with Crippen molar-refractivity contribution in [2.75, 3.05) is 6.61 Å². The van der Waals surface area contributed by atoms with Crippen LogP contribution in [-0.2, 0) is 4.74 Å². The highest BCUT2D eigenvalue weighted by Crippen LogP contribution is 2.30. The van der Waals surface area contributed by atoms with E-state index in [1.54, 1.807) is 6.26 Å². The van der Waals surface area contributed by atoms with Crippen LogP contribution < -0.4 is 5.73 Å². The van der Waals surface area contributed by atoms with E-state index in [4.69, 9.17) is 22.1 Å². The highest BCUT2D eigenvalue weighted by atomic mass is 79.9. The van der Waals surface area contributed by atoms with Gasteiger partial charge < -0.3 is 10.5 Å². The van der Waals surface area contributed by atoms with Crippen LogP contribution in [0.1, 0.15) is 24.4 Å². The molecule has 1 heterocycles. The van der Waals surface area contributed by atoms with Crippen molar-refractivity contribution >= 4 is 27.5 Å². The zero-order valence-electron chi connectivity index (χ0n) is 8.75. The molecule has 1 unspecified atom stereocenters. The number of halogens is 2. The van der Waals surface area contributed by atoms with Crippen molar-refractivity contribution < 1.29 is 4.74 Å². The van der Waals surface area contributed by atoms with Gasteiger partial charge in [-0.2, -0.15) is 0 Å². The van der Waals surface area contributed by atoms with Gasteiger partial charge in [0.2, 0.25) is 0 Å². The van der Waals surface area contributed by atoms with Gasteiger partial charge in [-0.3, -0.25) is 0 Å². The van der Waals surface area contributed by atoms with Crippen LogP contribution in [0.15, 0.2) is 34.5 Å². The van der Waals surface area contributed by atoms with E-state index in [2.05, 4.69) is 15.9 Å². The summed E-state index contributed by atoms with van der Waals surface area (Å²) in [5.41, 5.74) is 8.31. The maximum Gasteiger partial charge on any atom is 0.0876 e. The highest BCUT2D eigenvalue weighted by molar-refractivity contribution is 9.10. The summed E-state index contributed by atoms with van der Waals surface area (Å²) in [6.07, 6.45) is 3.81. The molecular formula is C12H13BrClNO. The Labute approximate surface area is 109 Å². The van der Waals surface area contributed by atoms with E-state index in [9.17, 15) is 0 Å². The lowest BCUT2D eigenvalue weighted by atomic mass is 9.96. The molecule has 1 aliphatic rings. The van der Waals surface area contributed by atoms with E-state index in [1.807, 2.05) is 18.2 Å². The number of nitrogens with two attached hydrogens (primary N) is 1. The number of rotatable bonds is 2. The van der Waals surface area contributed by atoms with Crippen LogP contribution in [0.25, 0.3) is 0 Å². The first-order valence-electron chi connectivity index (χ1n) is 5.19. The van der Waals surface area contributed by atoms with Gasteiger partial charge in [0.15, 0.2) is 0 Å². The van der Waals surface area contributed by atoms with Gasteiger partial charge in [0.1, 0.15) is 0 Å². The summed E-state index contributed by atoms with van der Waals surface area (Å²) in [5.74, 6) is 0. The molecule has 1 aliphatic heterocycles. The second-order valence-corrected chi connectivity index (χ2v) is 5.08. The molecule has 0 aliphatic carbocycles. The first-order valence-corrected chi connectivity index (χ1v) is 6.36. The van der Waals surface area contributed by atoms with Gasteiger partial charge in [0.25, 0.3) is 0 Å². The molecule has 0 spiro atoms. The number of benzene rings is 1. The molecule has 2 N–H and O–H groups in total. The third-order valence-corrected chi connectivity index (χ3v) is 3.90. The molecular weight excluding hydrogens is 289 g/mol. The van der Waals surface area contributed by atoms with Gasteiger partial charge in [-0.1, -0.05) is 17.7 Å². The van der Waals surface area contributed by atoms with Crippen molar-refractivity contribution in [2.24, 2.45) is 5.73 Å². The molecule has 0 bridgehead atoms. The summed E-state index contributed by atoms with van der Waals surface area (Å²) in [6.45, 7) is 0.789. The van der Waals surface area contributed by atoms with E-state index in [0.717, 1.165) is 35.1 Å². The third kappa shape index (κ3) is 2.59. The summed E-state index contributed by atoms with van der Waals surface area (Å²) in [4.78, 5) is 0. The number of ether oxygens (including phenoxy) is 1. The largest absolute Gasteiger partial charge is 0.501 e. The Morgan fingerprint density at radius 1 is 1.44 bits per heavy atom. The summed E-state index contributed by atoms with van der Waals surface area (Å²) in [5, 5.41) is 0.685. The lowest BCUT2D eigenvalue weighted by molar-refractivity contribution is 0.221. The molecule has 0 saturated heterocycles. The highest BCUT2D eigenvalue weighted by Gasteiger charge is 2.15. The molecule has 16 heavy (non-hydrogen) atoms. The van der Waals surface area contributed by atoms with Crippen molar-refractivity contribution in [3.8, 4) is 0 Å². The predicted molar refractivity (Wildman–Crippen MR) is 69.3 cm³/mol. The van der Waals surface area contributed by atoms with Gasteiger partial charge >= 0.3 is 0 Å². The minimum atomic E-state index is -0.120. The van der Waals surface area contributed by atoms with Crippen molar-refractivity contribution in [3.63, 3.8) is 0 Å². The van der Waals surface area contributed by atoms with Crippen molar-refractivity contribution in [2.45, 2.75) is 18.9 Å². The molecule has 2 rings (SSSR count). The smallest absolute Gasteiger partial charge is 0.0876 e. The average molecular weight is 303 g/mol. The summed E-state index contributed by atoms with van der Waals surface area (Å²) < 4.78 is 6.18. The van der Waals surface area contributed by atoms with Crippen LogP contribution in [0.2, 0.25) is 5.02 Å². The van der Waals surface area contributed by atoms with Gasteiger partial charge in [0.05, 0.1) is 23.9 Å². The monoisotopic (exact) mass is 301 g/mol. The van der Waals surface area contributed by atoms with Crippen molar-refractivity contribution in [1.29, 1.82) is 0 Å². The topological polar surface area (TPSA) is 35.2 Å². The van der Waals surface area contributed by atoms with Crippen LogP contribution in [0, 0.1) is 0 Å². The number of hydrogen-bond donors (Lipinski definition) is 1. The standard InChI is InChI=1S/C12H13BrClNO/c13-10-4-3-8(6-11(10)14)12(15)9-2-1-5-16-7-9/h3-4,6-7,12H,1-2,5,15H2. The number of hydrogen-bond acceptors (Lipinski definition) is 2. The van der Waals surface area contributed by atoms with Crippen molar-refractivity contribution in [3.05, 3.63) is 45.1 Å². The first kappa shape index (κ1) is 12.0. The molecule has 0 saturated carbocycles. The van der Waals surface area contributed by atoms with E-state index in [-0.39, 0.29) is 6.04 Å². The fourth-order valence-corrected chi connectivity index (χ4v) is 2.17. The molecule has 0 radical (unpaired) electrons. The van der Waals surface area contributed by atoms with Gasteiger partial charge in [-0.15, -0.1) is 0 Å². The quantitative estimate of drug-likeness (QED) is 0.902. The summed E-state index contributed by atoms with van der Waals surface area (Å²) in [6, 6.07) is 5.68. The summed E-state index contributed by atoms with van der Waals surface area (Å²) >= 11 is 9.41. The van der Waals surface area contributed by atoms with Crippen LogP contribution in [0.3, 0.4) is 0 Å². The maximum atomic E-state index is 6.17. The average Bonchev–Trinajstić information content (AvgIpc) is 2.33. The lowest BCUT2D eigenvalue weighted by Crippen LogP contribution is -2.16. The molecule has 0 fully saturated rings. The van der Waals surface area contributed by atoms with E-state index >= 15 is 0 Å². The van der Waals surface area contributed by atoms with Crippen LogP contribution in [-0.4, -0.2) is 6.61 Å². The van der Waals surface area contributed by atoms with Crippen LogP contribution in [0.4, 0.5) is 0 Å². The van der Waals surface area contributed by atoms with Gasteiger partial charge in [-0.25, -0.2) is 0 Å². The zero-order chi connectivity index (χ0) is 11.5. The predicted octanol–water partition coefficient (Wildman–Crippen LogP) is 3.80. The normalized spacial score (nSPS) is 17.6. The van der Waals surface area contributed by atoms with Crippen LogP contribution >= 0.6 is 27.5 Å². The fourth-order valence-electron chi connectivity index (χ4n) is 1.73. The Morgan fingerprint density at radius 2 is 2.25 bits per heavy atom. The van der Waals surface area contributed by atoms with E-state index < -0.39 is 0 Å². The van der Waals surface area contributed by atoms with E-state index in [0.29, 0.717) is 5.02 Å². The fraction of sp³-hybridized carbons (Fsp3) is 0.333. The van der Waals surface area contributed by atoms with Gasteiger partial charge in [-0.05, 0) is 52.0 Å². The molecule has 86 valence electrons. The van der Waals surface area contributed by atoms with E-state index in [1.165, 1.54) is 0 Å². The lowest BCUT2D eigenvalue weighted by Gasteiger charge is -2.20. The molecule has 1 atom stereocenters. The molecule has 2 nitrogen and oxygen atoms in total. The Balaban J connectivity index is 2.22. The zero-order valence-corrected chi connectivity index (χ0v) is 11.1. The Bertz CT molecular complexity index is 419. The first-order chi connectivity index (χ1) is 7.68. The third-order valence-electron chi connectivity index (χ3n) is 2.66.